The SMILES string of the molecule is CC(O)c1cc(Cn2cnc3cc4c(cc32)CCC4)ccc1C1CCCO1. The van der Waals surface area contributed by atoms with Gasteiger partial charge in [0.1, 0.15) is 0 Å². The molecule has 0 saturated carbocycles. The van der Waals surface area contributed by atoms with Gasteiger partial charge in [-0.05, 0) is 79.0 Å². The lowest BCUT2D eigenvalue weighted by molar-refractivity contribution is 0.107. The fraction of sp³-hybridized carbons (Fsp3) is 0.435. The molecule has 140 valence electrons. The molecule has 4 nitrogen and oxygen atoms in total. The van der Waals surface area contributed by atoms with E-state index in [1.54, 1.807) is 0 Å². The van der Waals surface area contributed by atoms with Crippen LogP contribution in [0.2, 0.25) is 0 Å². The molecule has 0 amide bonds. The molecule has 1 aliphatic carbocycles. The van der Waals surface area contributed by atoms with Crippen LogP contribution < -0.4 is 0 Å². The van der Waals surface area contributed by atoms with Crippen LogP contribution in [0.25, 0.3) is 11.0 Å². The van der Waals surface area contributed by atoms with Gasteiger partial charge >= 0.3 is 0 Å². The number of benzene rings is 2. The summed E-state index contributed by atoms with van der Waals surface area (Å²) in [5.74, 6) is 0. The Balaban J connectivity index is 1.48. The van der Waals surface area contributed by atoms with Gasteiger partial charge < -0.3 is 14.4 Å². The van der Waals surface area contributed by atoms with Crippen LogP contribution in [0.1, 0.15) is 66.2 Å². The molecular formula is C23H26N2O2. The molecule has 2 aromatic carbocycles. The van der Waals surface area contributed by atoms with Gasteiger partial charge in [0.05, 0.1) is 29.6 Å². The standard InChI is InChI=1S/C23H26N2O2/c1-15(26)20-10-16(7-8-19(20)23-6-3-9-27-23)13-25-14-24-21-11-17-4-2-5-18(17)12-22(21)25/h7-8,10-12,14-15,23,26H,2-6,9,13H2,1H3. The van der Waals surface area contributed by atoms with Gasteiger partial charge in [-0.25, -0.2) is 4.98 Å². The van der Waals surface area contributed by atoms with Crippen LogP contribution in [-0.2, 0) is 24.1 Å². The van der Waals surface area contributed by atoms with Crippen LogP contribution >= 0.6 is 0 Å². The monoisotopic (exact) mass is 362 g/mol. The Morgan fingerprint density at radius 2 is 2.04 bits per heavy atom. The number of aliphatic hydroxyl groups excluding tert-OH is 1. The molecule has 3 aromatic rings. The minimum Gasteiger partial charge on any atom is -0.389 e. The van der Waals surface area contributed by atoms with Crippen LogP contribution in [0.4, 0.5) is 0 Å². The fourth-order valence-corrected chi connectivity index (χ4v) is 4.65. The molecule has 5 rings (SSSR count). The van der Waals surface area contributed by atoms with Crippen molar-refractivity contribution in [3.63, 3.8) is 0 Å². The molecule has 2 aliphatic rings. The molecule has 1 fully saturated rings. The summed E-state index contributed by atoms with van der Waals surface area (Å²) >= 11 is 0. The number of hydrogen-bond acceptors (Lipinski definition) is 3. The molecule has 27 heavy (non-hydrogen) atoms. The molecule has 2 unspecified atom stereocenters. The number of aryl methyl sites for hydroxylation is 2. The molecular weight excluding hydrogens is 336 g/mol. The van der Waals surface area contributed by atoms with E-state index in [4.69, 9.17) is 4.74 Å². The van der Waals surface area contributed by atoms with Gasteiger partial charge in [0, 0.05) is 13.2 Å². The van der Waals surface area contributed by atoms with Crippen LogP contribution in [0, 0.1) is 0 Å². The van der Waals surface area contributed by atoms with Crippen LogP contribution in [0.5, 0.6) is 0 Å². The molecule has 1 aromatic heterocycles. The molecule has 2 atom stereocenters. The smallest absolute Gasteiger partial charge is 0.0961 e. The van der Waals surface area contributed by atoms with Crippen molar-refractivity contribution in [1.29, 1.82) is 0 Å². The summed E-state index contributed by atoms with van der Waals surface area (Å²) in [7, 11) is 0. The maximum absolute atomic E-state index is 10.3. The maximum Gasteiger partial charge on any atom is 0.0961 e. The van der Waals surface area contributed by atoms with Crippen molar-refractivity contribution >= 4 is 11.0 Å². The van der Waals surface area contributed by atoms with E-state index in [1.165, 1.54) is 41.5 Å². The average molecular weight is 362 g/mol. The number of nitrogens with zero attached hydrogens (tertiary/aromatic N) is 2. The summed E-state index contributed by atoms with van der Waals surface area (Å²) in [4.78, 5) is 4.62. The van der Waals surface area contributed by atoms with Crippen LogP contribution in [0.15, 0.2) is 36.7 Å². The summed E-state index contributed by atoms with van der Waals surface area (Å²) in [5, 5.41) is 10.3. The summed E-state index contributed by atoms with van der Waals surface area (Å²) in [6.45, 7) is 3.42. The van der Waals surface area contributed by atoms with Crippen LogP contribution in [0.3, 0.4) is 0 Å². The summed E-state index contributed by atoms with van der Waals surface area (Å²) in [5.41, 5.74) is 8.55. The Kier molecular flexibility index (Phi) is 4.25. The van der Waals surface area contributed by atoms with Crippen molar-refractivity contribution in [2.24, 2.45) is 0 Å². The Morgan fingerprint density at radius 3 is 2.81 bits per heavy atom. The second-order valence-electron chi connectivity index (χ2n) is 7.98. The van der Waals surface area contributed by atoms with E-state index >= 15 is 0 Å². The highest BCUT2D eigenvalue weighted by Crippen LogP contribution is 2.34. The topological polar surface area (TPSA) is 47.3 Å². The van der Waals surface area contributed by atoms with Crippen molar-refractivity contribution in [2.45, 2.75) is 57.8 Å². The van der Waals surface area contributed by atoms with Gasteiger partial charge in [-0.1, -0.05) is 18.2 Å². The molecule has 1 N–H and O–H groups in total. The lowest BCUT2D eigenvalue weighted by Gasteiger charge is -2.19. The number of rotatable bonds is 4. The number of aliphatic hydroxyl groups is 1. The van der Waals surface area contributed by atoms with Crippen LogP contribution in [-0.4, -0.2) is 21.3 Å². The zero-order valence-electron chi connectivity index (χ0n) is 15.8. The quantitative estimate of drug-likeness (QED) is 0.744. The first-order valence-electron chi connectivity index (χ1n) is 10.1. The van der Waals surface area contributed by atoms with E-state index in [9.17, 15) is 5.11 Å². The first-order valence-corrected chi connectivity index (χ1v) is 10.1. The molecule has 4 heteroatoms. The number of fused-ring (bicyclic) bond motifs is 2. The van der Waals surface area contributed by atoms with E-state index in [2.05, 4.69) is 39.9 Å². The minimum atomic E-state index is -0.494. The highest BCUT2D eigenvalue weighted by molar-refractivity contribution is 5.78. The van der Waals surface area contributed by atoms with Crippen molar-refractivity contribution in [3.8, 4) is 0 Å². The zero-order valence-corrected chi connectivity index (χ0v) is 15.8. The summed E-state index contributed by atoms with van der Waals surface area (Å²) in [6.07, 6.45) is 7.32. The highest BCUT2D eigenvalue weighted by atomic mass is 16.5. The van der Waals surface area contributed by atoms with Gasteiger partial charge in [0.25, 0.3) is 0 Å². The second-order valence-corrected chi connectivity index (χ2v) is 7.98. The number of hydrogen-bond donors (Lipinski definition) is 1. The highest BCUT2D eigenvalue weighted by Gasteiger charge is 2.22. The van der Waals surface area contributed by atoms with Gasteiger partial charge in [-0.15, -0.1) is 0 Å². The van der Waals surface area contributed by atoms with E-state index < -0.39 is 6.10 Å². The van der Waals surface area contributed by atoms with Crippen molar-refractivity contribution in [2.75, 3.05) is 6.61 Å². The Bertz CT molecular complexity index is 983. The molecule has 1 aliphatic heterocycles. The van der Waals surface area contributed by atoms with Crippen molar-refractivity contribution in [3.05, 3.63) is 64.5 Å². The Morgan fingerprint density at radius 1 is 1.19 bits per heavy atom. The molecule has 0 radical (unpaired) electrons. The van der Waals surface area contributed by atoms with Crippen molar-refractivity contribution < 1.29 is 9.84 Å². The third kappa shape index (κ3) is 3.07. The lowest BCUT2D eigenvalue weighted by atomic mass is 9.95. The Hall–Kier alpha value is -2.17. The summed E-state index contributed by atoms with van der Waals surface area (Å²) < 4.78 is 8.07. The third-order valence-electron chi connectivity index (χ3n) is 6.07. The first kappa shape index (κ1) is 17.0. The lowest BCUT2D eigenvalue weighted by Crippen LogP contribution is -2.07. The molecule has 2 heterocycles. The van der Waals surface area contributed by atoms with Gasteiger partial charge in [0.15, 0.2) is 0 Å². The van der Waals surface area contributed by atoms with E-state index in [0.29, 0.717) is 0 Å². The normalized spacial score (nSPS) is 20.3. The minimum absolute atomic E-state index is 0.125. The van der Waals surface area contributed by atoms with E-state index in [1.807, 2.05) is 13.3 Å². The molecule has 0 spiro atoms. The third-order valence-corrected chi connectivity index (χ3v) is 6.07. The van der Waals surface area contributed by atoms with Crippen molar-refractivity contribution in [1.82, 2.24) is 9.55 Å². The van der Waals surface area contributed by atoms with Gasteiger partial charge in [-0.2, -0.15) is 0 Å². The van der Waals surface area contributed by atoms with E-state index in [0.717, 1.165) is 42.6 Å². The maximum atomic E-state index is 10.3. The summed E-state index contributed by atoms with van der Waals surface area (Å²) in [6, 6.07) is 11.0. The number of aromatic nitrogens is 2. The zero-order chi connectivity index (χ0) is 18.4. The molecule has 1 saturated heterocycles. The van der Waals surface area contributed by atoms with E-state index in [-0.39, 0.29) is 6.10 Å². The predicted octanol–water partition coefficient (Wildman–Crippen LogP) is 4.48. The molecule has 0 bridgehead atoms. The fourth-order valence-electron chi connectivity index (χ4n) is 4.65. The number of ether oxygens (including phenoxy) is 1. The second kappa shape index (κ2) is 6.77. The van der Waals surface area contributed by atoms with Gasteiger partial charge in [-0.3, -0.25) is 0 Å². The first-order chi connectivity index (χ1) is 13.2. The predicted molar refractivity (Wildman–Crippen MR) is 106 cm³/mol. The van der Waals surface area contributed by atoms with Gasteiger partial charge in [0.2, 0.25) is 0 Å². The average Bonchev–Trinajstić information content (AvgIpc) is 3.41. The largest absolute Gasteiger partial charge is 0.389 e. The Labute approximate surface area is 159 Å². The number of imidazole rings is 1.